The Hall–Kier alpha value is -2.37. The molecule has 1 fully saturated rings. The summed E-state index contributed by atoms with van der Waals surface area (Å²) in [7, 11) is 1.27. The average molecular weight is 505 g/mol. The zero-order valence-corrected chi connectivity index (χ0v) is 17.7. The summed E-state index contributed by atoms with van der Waals surface area (Å²) >= 11 is 8.00. The summed E-state index contributed by atoms with van der Waals surface area (Å²) < 4.78 is 47.1. The number of methoxy groups -OCH3 is 1. The Kier molecular flexibility index (Phi) is 5.99. The van der Waals surface area contributed by atoms with Crippen molar-refractivity contribution in [1.82, 2.24) is 10.6 Å². The lowest BCUT2D eigenvalue weighted by Crippen LogP contribution is -2.72. The molecule has 0 unspecified atom stereocenters. The topological polar surface area (TPSA) is 90.8 Å². The highest BCUT2D eigenvalue weighted by atomic mass is 79.9. The predicted octanol–water partition coefficient (Wildman–Crippen LogP) is 3.43. The van der Waals surface area contributed by atoms with Crippen LogP contribution in [0.2, 0.25) is 0 Å². The van der Waals surface area contributed by atoms with Gasteiger partial charge < -0.3 is 25.6 Å². The molecular formula is C19H16BrF3N2O4S. The number of nitrogens with one attached hydrogen (secondary N) is 2. The third-order valence-electron chi connectivity index (χ3n) is 4.78. The lowest BCUT2D eigenvalue weighted by atomic mass is 9.77. The highest BCUT2D eigenvalue weighted by molar-refractivity contribution is 9.10. The van der Waals surface area contributed by atoms with Crippen LogP contribution in [0.15, 0.2) is 46.9 Å². The first-order chi connectivity index (χ1) is 14.0. The van der Waals surface area contributed by atoms with Crippen molar-refractivity contribution in [3.05, 3.63) is 58.1 Å². The van der Waals surface area contributed by atoms with Crippen LogP contribution in [-0.4, -0.2) is 40.1 Å². The van der Waals surface area contributed by atoms with E-state index >= 15 is 0 Å². The van der Waals surface area contributed by atoms with Crippen LogP contribution in [0, 0.1) is 5.92 Å². The molecular weight excluding hydrogens is 489 g/mol. The van der Waals surface area contributed by atoms with Gasteiger partial charge in [-0.3, -0.25) is 4.79 Å². The van der Waals surface area contributed by atoms with Gasteiger partial charge in [-0.1, -0.05) is 30.3 Å². The molecule has 2 aromatic rings. The number of carbonyl (C=O) groups is 1. The molecule has 1 aliphatic rings. The number of benzene rings is 2. The first-order valence-corrected chi connectivity index (χ1v) is 9.73. The Morgan fingerprint density at radius 1 is 1.27 bits per heavy atom. The molecule has 1 saturated heterocycles. The Bertz CT molecular complexity index is 990. The first-order valence-electron chi connectivity index (χ1n) is 8.53. The van der Waals surface area contributed by atoms with Crippen LogP contribution in [0.4, 0.5) is 13.2 Å². The molecule has 0 bridgehead atoms. The number of hydrogen-bond donors (Lipinski definition) is 4. The number of phenolic OH excluding ortho intramolecular Hbond substituents is 1. The van der Waals surface area contributed by atoms with Gasteiger partial charge in [-0.25, -0.2) is 0 Å². The quantitative estimate of drug-likeness (QED) is 0.374. The van der Waals surface area contributed by atoms with Gasteiger partial charge in [0, 0.05) is 5.56 Å². The van der Waals surface area contributed by atoms with E-state index in [9.17, 15) is 28.2 Å². The lowest BCUT2D eigenvalue weighted by molar-refractivity contribution is -0.285. The maximum absolute atomic E-state index is 14.0. The van der Waals surface area contributed by atoms with Crippen molar-refractivity contribution in [3.63, 3.8) is 0 Å². The van der Waals surface area contributed by atoms with E-state index in [0.717, 1.165) is 0 Å². The van der Waals surface area contributed by atoms with Crippen molar-refractivity contribution in [1.29, 1.82) is 0 Å². The van der Waals surface area contributed by atoms with Gasteiger partial charge in [-0.15, -0.1) is 0 Å². The molecule has 1 aliphatic heterocycles. The number of aliphatic hydroxyl groups is 1. The lowest BCUT2D eigenvalue weighted by Gasteiger charge is -2.46. The first kappa shape index (κ1) is 22.3. The van der Waals surface area contributed by atoms with E-state index in [1.165, 1.54) is 43.5 Å². The summed E-state index contributed by atoms with van der Waals surface area (Å²) in [6, 6.07) is 8.54. The number of Topliss-reactive ketones (excluding diaryl/α,β-unsaturated/α-hetero) is 1. The SMILES string of the molecule is COc1cc([C@@H]2NC(=S)N[C@](O)(C(F)(F)F)[C@H]2C(=O)c2ccccc2)cc(Br)c1O. The van der Waals surface area contributed by atoms with Gasteiger partial charge in [0.1, 0.15) is 5.92 Å². The number of hydrogen-bond acceptors (Lipinski definition) is 5. The summed E-state index contributed by atoms with van der Waals surface area (Å²) in [6.45, 7) is 0. The van der Waals surface area contributed by atoms with Crippen LogP contribution in [-0.2, 0) is 0 Å². The van der Waals surface area contributed by atoms with Gasteiger partial charge in [0.05, 0.1) is 17.6 Å². The van der Waals surface area contributed by atoms with E-state index in [-0.39, 0.29) is 27.1 Å². The van der Waals surface area contributed by atoms with E-state index in [2.05, 4.69) is 21.2 Å². The Morgan fingerprint density at radius 2 is 1.90 bits per heavy atom. The smallest absolute Gasteiger partial charge is 0.437 e. The van der Waals surface area contributed by atoms with Crippen LogP contribution < -0.4 is 15.4 Å². The molecule has 0 amide bonds. The second-order valence-electron chi connectivity index (χ2n) is 6.60. The highest BCUT2D eigenvalue weighted by Gasteiger charge is 2.65. The number of phenols is 1. The van der Waals surface area contributed by atoms with E-state index in [1.807, 2.05) is 5.32 Å². The Morgan fingerprint density at radius 3 is 2.47 bits per heavy atom. The number of carbonyl (C=O) groups excluding carboxylic acids is 1. The minimum absolute atomic E-state index is 0.0172. The average Bonchev–Trinajstić information content (AvgIpc) is 2.68. The third kappa shape index (κ3) is 3.84. The van der Waals surface area contributed by atoms with Crippen molar-refractivity contribution in [2.45, 2.75) is 17.9 Å². The summed E-state index contributed by atoms with van der Waals surface area (Å²) in [5.74, 6) is -3.30. The number of ether oxygens (including phenoxy) is 1. The molecule has 4 N–H and O–H groups in total. The maximum atomic E-state index is 14.0. The van der Waals surface area contributed by atoms with E-state index < -0.39 is 34.8 Å². The van der Waals surface area contributed by atoms with Crippen molar-refractivity contribution in [2.75, 3.05) is 7.11 Å². The molecule has 0 aliphatic carbocycles. The van der Waals surface area contributed by atoms with Crippen molar-refractivity contribution in [3.8, 4) is 11.5 Å². The fourth-order valence-corrected chi connectivity index (χ4v) is 4.07. The zero-order valence-electron chi connectivity index (χ0n) is 15.3. The van der Waals surface area contributed by atoms with Crippen molar-refractivity contribution < 1.29 is 32.9 Å². The molecule has 11 heteroatoms. The molecule has 3 rings (SSSR count). The van der Waals surface area contributed by atoms with Crippen LogP contribution in [0.3, 0.4) is 0 Å². The molecule has 3 atom stereocenters. The van der Waals surface area contributed by atoms with Gasteiger partial charge in [0.2, 0.25) is 5.72 Å². The Balaban J connectivity index is 2.22. The highest BCUT2D eigenvalue weighted by Crippen LogP contribution is 2.46. The number of alkyl halides is 3. The predicted molar refractivity (Wildman–Crippen MR) is 109 cm³/mol. The number of thiocarbonyl (C=S) groups is 1. The fraction of sp³-hybridized carbons (Fsp3) is 0.263. The van der Waals surface area contributed by atoms with Crippen molar-refractivity contribution >= 4 is 39.0 Å². The number of halogens is 4. The van der Waals surface area contributed by atoms with Crippen LogP contribution in [0.25, 0.3) is 0 Å². The van der Waals surface area contributed by atoms with Gasteiger partial charge in [0.25, 0.3) is 0 Å². The molecule has 1 heterocycles. The number of aromatic hydroxyl groups is 1. The summed E-state index contributed by atoms with van der Waals surface area (Å²) in [5, 5.41) is 24.7. The van der Waals surface area contributed by atoms with Crippen LogP contribution in [0.1, 0.15) is 22.0 Å². The van der Waals surface area contributed by atoms with Crippen LogP contribution in [0.5, 0.6) is 11.5 Å². The second kappa shape index (κ2) is 8.05. The van der Waals surface area contributed by atoms with E-state index in [1.54, 1.807) is 6.07 Å². The van der Waals surface area contributed by atoms with E-state index in [0.29, 0.717) is 0 Å². The molecule has 2 aromatic carbocycles. The largest absolute Gasteiger partial charge is 0.503 e. The van der Waals surface area contributed by atoms with E-state index in [4.69, 9.17) is 17.0 Å². The molecule has 0 spiro atoms. The molecule has 0 aromatic heterocycles. The summed E-state index contributed by atoms with van der Waals surface area (Å²) in [4.78, 5) is 13.2. The summed E-state index contributed by atoms with van der Waals surface area (Å²) in [5.41, 5.74) is -3.52. The molecule has 0 saturated carbocycles. The molecule has 30 heavy (non-hydrogen) atoms. The van der Waals surface area contributed by atoms with Crippen LogP contribution >= 0.6 is 28.1 Å². The number of rotatable bonds is 4. The van der Waals surface area contributed by atoms with Crippen molar-refractivity contribution in [2.24, 2.45) is 5.92 Å². The second-order valence-corrected chi connectivity index (χ2v) is 7.86. The summed E-state index contributed by atoms with van der Waals surface area (Å²) in [6.07, 6.45) is -5.23. The molecule has 6 nitrogen and oxygen atoms in total. The Labute approximate surface area is 183 Å². The third-order valence-corrected chi connectivity index (χ3v) is 5.60. The maximum Gasteiger partial charge on any atom is 0.437 e. The standard InChI is InChI=1S/C19H16BrF3N2O4S/c1-29-12-8-10(7-11(20)16(12)27)14-13(15(26)9-5-3-2-4-6-9)18(28,19(21,22)23)25-17(30)24-14/h2-8,13-14,27-28H,1H3,(H2,24,25,30)/t13-,14+,18-/m1/s1. The fourth-order valence-electron chi connectivity index (χ4n) is 3.33. The normalized spacial score (nSPS) is 24.0. The number of ketones is 1. The van der Waals surface area contributed by atoms with Gasteiger partial charge in [-0.2, -0.15) is 13.2 Å². The minimum Gasteiger partial charge on any atom is -0.503 e. The molecule has 160 valence electrons. The zero-order chi connectivity index (χ0) is 22.3. The van der Waals surface area contributed by atoms with Gasteiger partial charge >= 0.3 is 6.18 Å². The monoisotopic (exact) mass is 504 g/mol. The minimum atomic E-state index is -5.23. The van der Waals surface area contributed by atoms with Gasteiger partial charge in [0.15, 0.2) is 22.4 Å². The molecule has 0 radical (unpaired) electrons. The van der Waals surface area contributed by atoms with Gasteiger partial charge in [-0.05, 0) is 45.8 Å².